The number of aryl methyl sites for hydroxylation is 1. The maximum Gasteiger partial charge on any atom is 0.254 e. The molecule has 0 radical (unpaired) electrons. The summed E-state index contributed by atoms with van der Waals surface area (Å²) in [5.41, 5.74) is 3.25. The van der Waals surface area contributed by atoms with E-state index in [4.69, 9.17) is 0 Å². The van der Waals surface area contributed by atoms with Crippen LogP contribution in [0.2, 0.25) is 0 Å². The average molecular weight is 641 g/mol. The van der Waals surface area contributed by atoms with Crippen molar-refractivity contribution in [2.45, 2.75) is 101 Å². The maximum atomic E-state index is 14.4. The molecule has 2 aliphatic rings. The van der Waals surface area contributed by atoms with E-state index < -0.39 is 11.6 Å². The van der Waals surface area contributed by atoms with Crippen LogP contribution in [0.25, 0.3) is 0 Å². The predicted molar refractivity (Wildman–Crippen MR) is 185 cm³/mol. The monoisotopic (exact) mass is 640 g/mol. The van der Waals surface area contributed by atoms with Gasteiger partial charge in [-0.05, 0) is 80.2 Å². The topological polar surface area (TPSA) is 101 Å². The quantitative estimate of drug-likeness (QED) is 0.182. The van der Waals surface area contributed by atoms with Crippen LogP contribution in [-0.4, -0.2) is 74.9 Å². The summed E-state index contributed by atoms with van der Waals surface area (Å²) in [7, 11) is 0. The minimum Gasteiger partial charge on any atom is -0.395 e. The van der Waals surface area contributed by atoms with Crippen LogP contribution < -0.4 is 0 Å². The first kappa shape index (κ1) is 34.8. The first-order valence-electron chi connectivity index (χ1n) is 17.6. The number of nitrogens with zero attached hydrogens (tertiary/aromatic N) is 2. The number of aliphatic hydroxyl groups excluding tert-OH is 3. The summed E-state index contributed by atoms with van der Waals surface area (Å²) < 4.78 is 0. The molecule has 7 heteroatoms. The second kappa shape index (κ2) is 16.1. The lowest BCUT2D eigenvalue weighted by Gasteiger charge is -2.42. The Morgan fingerprint density at radius 3 is 1.83 bits per heavy atom. The van der Waals surface area contributed by atoms with E-state index in [-0.39, 0.29) is 37.1 Å². The Bertz CT molecular complexity index is 1460. The van der Waals surface area contributed by atoms with Crippen LogP contribution in [0.5, 0.6) is 0 Å². The first-order chi connectivity index (χ1) is 22.9. The van der Waals surface area contributed by atoms with Gasteiger partial charge in [0.1, 0.15) is 0 Å². The molecule has 2 fully saturated rings. The van der Waals surface area contributed by atoms with Crippen LogP contribution in [-0.2, 0) is 18.4 Å². The van der Waals surface area contributed by atoms with Crippen molar-refractivity contribution >= 4 is 11.8 Å². The highest BCUT2D eigenvalue weighted by atomic mass is 16.3. The largest absolute Gasteiger partial charge is 0.395 e. The van der Waals surface area contributed by atoms with E-state index in [1.807, 2.05) is 76.5 Å². The standard InChI is InChI=1S/C40H52N2O5/c1-2-39(22-10-11-23-39)41(26-28-43)37(46)35-18-8-6-14-31(35)20-21-34(45)30-32-15-7-9-19-36(32)38(47)42(27-29-44)40(24-12-13-25-40)33-16-4-3-5-17-33/h3-9,14-19,34,43-45H,2,10-13,20-30H2,1H3. The summed E-state index contributed by atoms with van der Waals surface area (Å²) in [6.07, 6.45) is 9.21. The number of amides is 2. The molecule has 0 heterocycles. The van der Waals surface area contributed by atoms with Crippen molar-refractivity contribution in [3.05, 3.63) is 107 Å². The van der Waals surface area contributed by atoms with E-state index >= 15 is 0 Å². The average Bonchev–Trinajstić information content (AvgIpc) is 3.81. The maximum absolute atomic E-state index is 14.4. The molecule has 1 unspecified atom stereocenters. The summed E-state index contributed by atoms with van der Waals surface area (Å²) in [6.45, 7) is 2.48. The van der Waals surface area contributed by atoms with Gasteiger partial charge in [0.05, 0.1) is 24.9 Å². The fourth-order valence-corrected chi connectivity index (χ4v) is 8.36. The van der Waals surface area contributed by atoms with Crippen molar-refractivity contribution < 1.29 is 24.9 Å². The zero-order valence-electron chi connectivity index (χ0n) is 27.9. The van der Waals surface area contributed by atoms with Gasteiger partial charge in [0.2, 0.25) is 0 Å². The van der Waals surface area contributed by atoms with Gasteiger partial charge in [0.25, 0.3) is 11.8 Å². The molecule has 2 saturated carbocycles. The molecule has 0 bridgehead atoms. The molecule has 0 saturated heterocycles. The van der Waals surface area contributed by atoms with Gasteiger partial charge < -0.3 is 25.1 Å². The van der Waals surface area contributed by atoms with Crippen molar-refractivity contribution in [2.24, 2.45) is 0 Å². The van der Waals surface area contributed by atoms with E-state index in [0.717, 1.165) is 74.5 Å². The molecule has 3 N–H and O–H groups in total. The van der Waals surface area contributed by atoms with E-state index in [1.165, 1.54) is 0 Å². The second-order valence-corrected chi connectivity index (χ2v) is 13.5. The fourth-order valence-electron chi connectivity index (χ4n) is 8.36. The Kier molecular flexibility index (Phi) is 11.9. The Hall–Kier alpha value is -3.52. The second-order valence-electron chi connectivity index (χ2n) is 13.5. The van der Waals surface area contributed by atoms with Gasteiger partial charge in [-0.25, -0.2) is 0 Å². The van der Waals surface area contributed by atoms with E-state index in [1.54, 1.807) is 0 Å². The Morgan fingerprint density at radius 1 is 0.702 bits per heavy atom. The summed E-state index contributed by atoms with van der Waals surface area (Å²) in [5.74, 6) is -0.170. The third-order valence-electron chi connectivity index (χ3n) is 10.9. The van der Waals surface area contributed by atoms with E-state index in [0.29, 0.717) is 36.9 Å². The molecular formula is C40H52N2O5. The number of hydrogen-bond acceptors (Lipinski definition) is 5. The summed E-state index contributed by atoms with van der Waals surface area (Å²) >= 11 is 0. The molecular weight excluding hydrogens is 588 g/mol. The van der Waals surface area contributed by atoms with Crippen LogP contribution >= 0.6 is 0 Å². The molecule has 0 aromatic heterocycles. The molecule has 7 nitrogen and oxygen atoms in total. The van der Waals surface area contributed by atoms with Crippen LogP contribution in [0, 0.1) is 0 Å². The zero-order valence-corrected chi connectivity index (χ0v) is 27.9. The number of benzene rings is 3. The molecule has 3 aromatic rings. The van der Waals surface area contributed by atoms with Crippen molar-refractivity contribution in [1.82, 2.24) is 9.80 Å². The number of rotatable bonds is 15. The van der Waals surface area contributed by atoms with Gasteiger partial charge in [-0.15, -0.1) is 0 Å². The third kappa shape index (κ3) is 7.48. The smallest absolute Gasteiger partial charge is 0.254 e. The van der Waals surface area contributed by atoms with Crippen LogP contribution in [0.3, 0.4) is 0 Å². The highest BCUT2D eigenvalue weighted by Crippen LogP contribution is 2.45. The highest BCUT2D eigenvalue weighted by Gasteiger charge is 2.44. The molecule has 1 atom stereocenters. The number of carbonyl (C=O) groups excluding carboxylic acids is 2. The van der Waals surface area contributed by atoms with Crippen LogP contribution in [0.4, 0.5) is 0 Å². The first-order valence-corrected chi connectivity index (χ1v) is 17.6. The molecule has 47 heavy (non-hydrogen) atoms. The van der Waals surface area contributed by atoms with Crippen molar-refractivity contribution in [2.75, 3.05) is 26.3 Å². The Balaban J connectivity index is 1.33. The number of carbonyl (C=O) groups is 2. The SMILES string of the molecule is CCC1(N(CCO)C(=O)c2ccccc2CCC(O)Cc2ccccc2C(=O)N(CCO)C2(c3ccccc3)CCCC2)CCCC1. The van der Waals surface area contributed by atoms with Gasteiger partial charge in [-0.3, -0.25) is 9.59 Å². The molecule has 5 rings (SSSR count). The predicted octanol–water partition coefficient (Wildman–Crippen LogP) is 6.28. The van der Waals surface area contributed by atoms with Crippen molar-refractivity contribution in [3.8, 4) is 0 Å². The minimum absolute atomic E-state index is 0.0490. The Morgan fingerprint density at radius 2 is 1.21 bits per heavy atom. The van der Waals surface area contributed by atoms with E-state index in [2.05, 4.69) is 19.1 Å². The number of hydrogen-bond donors (Lipinski definition) is 3. The van der Waals surface area contributed by atoms with Gasteiger partial charge in [-0.2, -0.15) is 0 Å². The normalized spacial score (nSPS) is 17.4. The van der Waals surface area contributed by atoms with Crippen LogP contribution in [0.15, 0.2) is 78.9 Å². The molecule has 3 aromatic carbocycles. The van der Waals surface area contributed by atoms with Gasteiger partial charge in [0, 0.05) is 29.8 Å². The van der Waals surface area contributed by atoms with Gasteiger partial charge >= 0.3 is 0 Å². The van der Waals surface area contributed by atoms with Gasteiger partial charge in [0.15, 0.2) is 0 Å². The zero-order chi connectivity index (χ0) is 33.3. The number of β-amino-alcohol motifs (C(OH)–C–C–N with tert-alkyl or cyclic N) is 1. The van der Waals surface area contributed by atoms with Crippen LogP contribution in [0.1, 0.15) is 109 Å². The third-order valence-corrected chi connectivity index (χ3v) is 10.9. The summed E-state index contributed by atoms with van der Waals surface area (Å²) in [6, 6.07) is 25.3. The fraction of sp³-hybridized carbons (Fsp3) is 0.500. The molecule has 2 aliphatic carbocycles. The Labute approximate surface area is 280 Å². The van der Waals surface area contributed by atoms with E-state index in [9.17, 15) is 24.9 Å². The molecule has 2 amide bonds. The lowest BCUT2D eigenvalue weighted by atomic mass is 9.85. The minimum atomic E-state index is -0.724. The summed E-state index contributed by atoms with van der Waals surface area (Å²) in [5, 5.41) is 31.3. The molecule has 252 valence electrons. The van der Waals surface area contributed by atoms with Crippen molar-refractivity contribution in [1.29, 1.82) is 0 Å². The van der Waals surface area contributed by atoms with Gasteiger partial charge in [-0.1, -0.05) is 99.3 Å². The summed E-state index contributed by atoms with van der Waals surface area (Å²) in [4.78, 5) is 32.1. The lowest BCUT2D eigenvalue weighted by Crippen LogP contribution is -2.51. The highest BCUT2D eigenvalue weighted by molar-refractivity contribution is 5.97. The molecule has 0 aliphatic heterocycles. The lowest BCUT2D eigenvalue weighted by molar-refractivity contribution is 0.0392. The molecule has 0 spiro atoms. The number of aliphatic hydroxyl groups is 3. The van der Waals surface area contributed by atoms with Crippen molar-refractivity contribution in [3.63, 3.8) is 0 Å².